The van der Waals surface area contributed by atoms with Gasteiger partial charge in [-0.15, -0.1) is 0 Å². The highest BCUT2D eigenvalue weighted by Crippen LogP contribution is 2.68. The van der Waals surface area contributed by atoms with E-state index in [0.717, 1.165) is 10.0 Å². The van der Waals surface area contributed by atoms with Crippen LogP contribution in [0.3, 0.4) is 0 Å². The topological polar surface area (TPSA) is 88.6 Å². The van der Waals surface area contributed by atoms with Crippen LogP contribution in [0.1, 0.15) is 22.7 Å². The van der Waals surface area contributed by atoms with Gasteiger partial charge in [-0.1, -0.05) is 82.2 Å². The van der Waals surface area contributed by atoms with Gasteiger partial charge in [-0.25, -0.2) is 0 Å². The van der Waals surface area contributed by atoms with Gasteiger partial charge in [0.2, 0.25) is 0 Å². The molecule has 5 rings (SSSR count). The Bertz CT molecular complexity index is 1180. The zero-order valence-electron chi connectivity index (χ0n) is 16.1. The summed E-state index contributed by atoms with van der Waals surface area (Å²) < 4.78 is 7.43. The maximum atomic E-state index is 12.3. The highest BCUT2D eigenvalue weighted by molar-refractivity contribution is 9.10. The zero-order valence-corrected chi connectivity index (χ0v) is 19.2. The molecule has 1 fully saturated rings. The Morgan fingerprint density at radius 3 is 2.48 bits per heavy atom. The second-order valence-corrected chi connectivity index (χ2v) is 9.70. The first-order valence-corrected chi connectivity index (χ1v) is 11.2. The van der Waals surface area contributed by atoms with Crippen LogP contribution in [-0.4, -0.2) is 26.3 Å². The third kappa shape index (κ3) is 2.74. The summed E-state index contributed by atoms with van der Waals surface area (Å²) >= 11 is 15.0. The molecule has 1 aromatic heterocycles. The number of halogens is 2. The summed E-state index contributed by atoms with van der Waals surface area (Å²) in [6, 6.07) is 18.5. The van der Waals surface area contributed by atoms with E-state index in [1.54, 1.807) is 6.07 Å². The van der Waals surface area contributed by atoms with E-state index in [2.05, 4.69) is 20.9 Å². The summed E-state index contributed by atoms with van der Waals surface area (Å²) in [6.07, 6.45) is 0.0753. The number of aliphatic hydroxyl groups excluding tert-OH is 1. The van der Waals surface area contributed by atoms with E-state index < -0.39 is 29.1 Å². The molecule has 0 unspecified atom stereocenters. The lowest BCUT2D eigenvalue weighted by Crippen LogP contribution is -2.52. The predicted molar refractivity (Wildman–Crippen MR) is 125 cm³/mol. The minimum atomic E-state index is -1.91. The highest BCUT2D eigenvalue weighted by Gasteiger charge is 2.77. The number of thiocarbonyl (C=S) groups is 1. The Hall–Kier alpha value is -2.03. The van der Waals surface area contributed by atoms with Crippen molar-refractivity contribution in [2.45, 2.75) is 23.2 Å². The van der Waals surface area contributed by atoms with Gasteiger partial charge in [0.15, 0.2) is 11.2 Å². The molecule has 2 aliphatic rings. The van der Waals surface area contributed by atoms with Crippen LogP contribution in [0.25, 0.3) is 0 Å². The molecule has 0 bridgehead atoms. The molecule has 0 saturated heterocycles. The van der Waals surface area contributed by atoms with E-state index >= 15 is 0 Å². The SMILES string of the molecule is NC(=S)[C@H]1[C@@H](O)[C@@]2(O)c3ncc(Cl)cc3O[C@@]2(c2ccc(Br)cc2)[C@@H]1c1ccccc1. The van der Waals surface area contributed by atoms with Crippen LogP contribution >= 0.6 is 39.7 Å². The second-order valence-electron chi connectivity index (χ2n) is 7.87. The van der Waals surface area contributed by atoms with Crippen LogP contribution in [0.15, 0.2) is 71.3 Å². The molecule has 0 radical (unpaired) electrons. The molecule has 4 N–H and O–H groups in total. The molecular weight excluding hydrogens is 500 g/mol. The maximum absolute atomic E-state index is 12.3. The third-order valence-corrected chi connectivity index (χ3v) is 7.35. The standard InChI is InChI=1S/C23H18BrClN2O3S/c24-14-8-6-13(7-9-14)23-18(12-4-2-1-3-5-12)17(21(26)31)20(28)22(23,29)19-16(30-23)10-15(25)11-27-19/h1-11,17-18,20,28-29H,(H2,26,31)/t17-,18-,20-,22+,23+/m1/s1. The maximum Gasteiger partial charge on any atom is 0.181 e. The smallest absolute Gasteiger partial charge is 0.181 e. The minimum Gasteiger partial charge on any atom is -0.476 e. The van der Waals surface area contributed by atoms with Crippen molar-refractivity contribution in [2.75, 3.05) is 0 Å². The fourth-order valence-electron chi connectivity index (χ4n) is 5.15. The summed E-state index contributed by atoms with van der Waals surface area (Å²) in [5, 5.41) is 24.2. The van der Waals surface area contributed by atoms with Crippen molar-refractivity contribution in [1.29, 1.82) is 0 Å². The molecule has 31 heavy (non-hydrogen) atoms. The van der Waals surface area contributed by atoms with Crippen LogP contribution < -0.4 is 10.5 Å². The number of fused-ring (bicyclic) bond motifs is 3. The van der Waals surface area contributed by atoms with Crippen molar-refractivity contribution in [3.63, 3.8) is 0 Å². The van der Waals surface area contributed by atoms with Gasteiger partial charge >= 0.3 is 0 Å². The second kappa shape index (κ2) is 7.25. The van der Waals surface area contributed by atoms with Gasteiger partial charge < -0.3 is 20.7 Å². The minimum absolute atomic E-state index is 0.0970. The van der Waals surface area contributed by atoms with Crippen molar-refractivity contribution in [2.24, 2.45) is 11.7 Å². The molecule has 0 amide bonds. The van der Waals surface area contributed by atoms with Crippen molar-refractivity contribution in [1.82, 2.24) is 4.98 Å². The zero-order chi connectivity index (χ0) is 22.0. The molecular formula is C23H18BrClN2O3S. The van der Waals surface area contributed by atoms with Crippen molar-refractivity contribution < 1.29 is 14.9 Å². The van der Waals surface area contributed by atoms with Gasteiger partial charge in [0.25, 0.3) is 0 Å². The molecule has 2 aromatic carbocycles. The molecule has 2 heterocycles. The number of nitrogens with two attached hydrogens (primary N) is 1. The number of hydrogen-bond acceptors (Lipinski definition) is 5. The van der Waals surface area contributed by atoms with Crippen LogP contribution in [-0.2, 0) is 11.2 Å². The monoisotopic (exact) mass is 516 g/mol. The molecule has 5 atom stereocenters. The molecule has 1 saturated carbocycles. The predicted octanol–water partition coefficient (Wildman–Crippen LogP) is 4.03. The fourth-order valence-corrected chi connectivity index (χ4v) is 5.82. The van der Waals surface area contributed by atoms with Crippen molar-refractivity contribution in [3.8, 4) is 5.75 Å². The van der Waals surface area contributed by atoms with Crippen molar-refractivity contribution >= 4 is 44.7 Å². The highest BCUT2D eigenvalue weighted by atomic mass is 79.9. The number of pyridine rings is 1. The van der Waals surface area contributed by atoms with Gasteiger partial charge in [0.05, 0.1) is 10.0 Å². The summed E-state index contributed by atoms with van der Waals surface area (Å²) in [6.45, 7) is 0. The first-order valence-electron chi connectivity index (χ1n) is 9.66. The lowest BCUT2D eigenvalue weighted by molar-refractivity contribution is -0.152. The average Bonchev–Trinajstić information content (AvgIpc) is 3.12. The van der Waals surface area contributed by atoms with E-state index in [-0.39, 0.29) is 10.7 Å². The van der Waals surface area contributed by atoms with Crippen LogP contribution in [0, 0.1) is 5.92 Å². The van der Waals surface area contributed by atoms with Gasteiger partial charge in [-0.2, -0.15) is 0 Å². The summed E-state index contributed by atoms with van der Waals surface area (Å²) in [5.74, 6) is -1.02. The number of aliphatic hydroxyl groups is 2. The average molecular weight is 518 g/mol. The Morgan fingerprint density at radius 1 is 1.16 bits per heavy atom. The van der Waals surface area contributed by atoms with Crippen LogP contribution in [0.2, 0.25) is 5.02 Å². The van der Waals surface area contributed by atoms with Crippen LogP contribution in [0.4, 0.5) is 0 Å². The third-order valence-electron chi connectivity index (χ3n) is 6.34. The molecule has 0 spiro atoms. The molecule has 5 nitrogen and oxygen atoms in total. The van der Waals surface area contributed by atoms with Crippen LogP contribution in [0.5, 0.6) is 5.75 Å². The quantitative estimate of drug-likeness (QED) is 0.455. The Labute approximate surface area is 198 Å². The number of benzene rings is 2. The largest absolute Gasteiger partial charge is 0.476 e. The van der Waals surface area contributed by atoms with Gasteiger partial charge in [0.1, 0.15) is 17.5 Å². The Morgan fingerprint density at radius 2 is 1.84 bits per heavy atom. The first-order chi connectivity index (χ1) is 14.8. The van der Waals surface area contributed by atoms with Gasteiger partial charge in [-0.05, 0) is 23.3 Å². The summed E-state index contributed by atoms with van der Waals surface area (Å²) in [4.78, 5) is 4.47. The van der Waals surface area contributed by atoms with E-state index in [0.29, 0.717) is 16.3 Å². The summed E-state index contributed by atoms with van der Waals surface area (Å²) in [5.41, 5.74) is 4.51. The Kier molecular flexibility index (Phi) is 4.88. The van der Waals surface area contributed by atoms with E-state index in [1.807, 2.05) is 54.6 Å². The Balaban J connectivity index is 1.87. The number of hydrogen-bond donors (Lipinski definition) is 3. The van der Waals surface area contributed by atoms with E-state index in [1.165, 1.54) is 6.20 Å². The van der Waals surface area contributed by atoms with Gasteiger partial charge in [-0.3, -0.25) is 4.98 Å². The molecule has 1 aliphatic carbocycles. The van der Waals surface area contributed by atoms with E-state index in [4.69, 9.17) is 34.3 Å². The molecule has 3 aromatic rings. The normalized spacial score (nSPS) is 31.0. The number of rotatable bonds is 3. The first kappa shape index (κ1) is 20.8. The number of nitrogens with zero attached hydrogens (tertiary/aromatic N) is 1. The van der Waals surface area contributed by atoms with Crippen molar-refractivity contribution in [3.05, 3.63) is 93.2 Å². The van der Waals surface area contributed by atoms with Gasteiger partial charge in [0, 0.05) is 28.6 Å². The van der Waals surface area contributed by atoms with E-state index in [9.17, 15) is 10.2 Å². The number of aromatic nitrogens is 1. The molecule has 1 aliphatic heterocycles. The number of ether oxygens (including phenoxy) is 1. The summed E-state index contributed by atoms with van der Waals surface area (Å²) in [7, 11) is 0. The lowest BCUT2D eigenvalue weighted by Gasteiger charge is -2.40. The fraction of sp³-hybridized carbons (Fsp3) is 0.217. The lowest BCUT2D eigenvalue weighted by atomic mass is 9.71. The molecule has 158 valence electrons. The molecule has 8 heteroatoms.